The molecule has 1 aromatic heterocycles. The van der Waals surface area contributed by atoms with Gasteiger partial charge in [-0.25, -0.2) is 22.5 Å². The summed E-state index contributed by atoms with van der Waals surface area (Å²) in [6, 6.07) is 2.69. The third-order valence-electron chi connectivity index (χ3n) is 6.90. The lowest BCUT2D eigenvalue weighted by Gasteiger charge is -2.20. The number of halogens is 4. The molecule has 3 heterocycles. The van der Waals surface area contributed by atoms with Gasteiger partial charge in [-0.15, -0.1) is 0 Å². The standard InChI is InChI=1S/C27H26F4N6O2/c1-13(8-16-23(30)18(28)11-19(29)24(16)31)33-20-4-5-32-12-17(20)25-34-21-9-14-15(10-22(21)35-25)27(39)37(26(14)38)7-6-36(2)3/h5,9-11,13,17H,4,6-8,12H2,1-3H3,(H,34,35). The zero-order valence-corrected chi connectivity index (χ0v) is 21.6. The number of H-pyrrole nitrogens is 1. The van der Waals surface area contributed by atoms with Crippen LogP contribution >= 0.6 is 0 Å². The maximum Gasteiger partial charge on any atom is 0.261 e. The van der Waals surface area contributed by atoms with Gasteiger partial charge in [0.2, 0.25) is 0 Å². The molecule has 2 aromatic carbocycles. The van der Waals surface area contributed by atoms with Crippen LogP contribution in [0.3, 0.4) is 0 Å². The summed E-state index contributed by atoms with van der Waals surface area (Å²) in [6.45, 7) is 2.72. The number of nitrogens with zero attached hydrogens (tertiary/aromatic N) is 5. The molecule has 0 aliphatic carbocycles. The van der Waals surface area contributed by atoms with Gasteiger partial charge in [0.1, 0.15) is 5.82 Å². The molecule has 0 bridgehead atoms. The minimum absolute atomic E-state index is 0.179. The van der Waals surface area contributed by atoms with Crippen LogP contribution in [-0.4, -0.2) is 83.3 Å². The topological polar surface area (TPSA) is 94.0 Å². The Morgan fingerprint density at radius 3 is 2.41 bits per heavy atom. The van der Waals surface area contributed by atoms with Gasteiger partial charge in [-0.3, -0.25) is 24.5 Å². The summed E-state index contributed by atoms with van der Waals surface area (Å²) in [5, 5.41) is 0. The molecule has 2 aliphatic rings. The second kappa shape index (κ2) is 10.3. The first-order chi connectivity index (χ1) is 18.5. The van der Waals surface area contributed by atoms with Gasteiger partial charge in [-0.05, 0) is 33.2 Å². The molecule has 204 valence electrons. The normalized spacial score (nSPS) is 19.1. The molecule has 2 atom stereocenters. The summed E-state index contributed by atoms with van der Waals surface area (Å²) in [5.41, 5.74) is 1.60. The van der Waals surface area contributed by atoms with E-state index >= 15 is 0 Å². The largest absolute Gasteiger partial charge is 0.341 e. The highest BCUT2D eigenvalue weighted by Crippen LogP contribution is 2.30. The van der Waals surface area contributed by atoms with Gasteiger partial charge in [-0.1, -0.05) is 0 Å². The van der Waals surface area contributed by atoms with Crippen molar-refractivity contribution < 1.29 is 27.2 Å². The number of benzene rings is 2. The highest BCUT2D eigenvalue weighted by Gasteiger charge is 2.36. The number of aromatic amines is 1. The molecule has 0 spiro atoms. The third kappa shape index (κ3) is 4.96. The van der Waals surface area contributed by atoms with Crippen molar-refractivity contribution in [2.75, 3.05) is 33.7 Å². The van der Waals surface area contributed by atoms with Crippen molar-refractivity contribution in [2.24, 2.45) is 9.98 Å². The van der Waals surface area contributed by atoms with E-state index < -0.39 is 40.8 Å². The van der Waals surface area contributed by atoms with Crippen LogP contribution < -0.4 is 0 Å². The van der Waals surface area contributed by atoms with E-state index in [2.05, 4.69) is 20.0 Å². The minimum atomic E-state index is -1.46. The summed E-state index contributed by atoms with van der Waals surface area (Å²) in [5.74, 6) is -6.40. The fraction of sp³-hybridized carbons (Fsp3) is 0.370. The Bertz CT molecular complexity index is 1470. The fourth-order valence-corrected chi connectivity index (χ4v) is 4.88. The molecule has 2 aliphatic heterocycles. The number of aliphatic imine (C=N–C) groups is 2. The van der Waals surface area contributed by atoms with Crippen molar-refractivity contribution in [3.8, 4) is 0 Å². The van der Waals surface area contributed by atoms with E-state index in [9.17, 15) is 27.2 Å². The van der Waals surface area contributed by atoms with E-state index in [1.165, 1.54) is 4.90 Å². The van der Waals surface area contributed by atoms with Crippen LogP contribution in [0.25, 0.3) is 11.0 Å². The first-order valence-electron chi connectivity index (χ1n) is 12.5. The molecule has 2 unspecified atom stereocenters. The lowest BCUT2D eigenvalue weighted by atomic mass is 9.97. The van der Waals surface area contributed by atoms with Crippen LogP contribution in [0, 0.1) is 23.3 Å². The summed E-state index contributed by atoms with van der Waals surface area (Å²) in [7, 11) is 3.72. The molecule has 0 saturated heterocycles. The molecular weight excluding hydrogens is 516 g/mol. The molecular formula is C27H26F4N6O2. The first kappa shape index (κ1) is 26.7. The Balaban J connectivity index is 1.42. The van der Waals surface area contributed by atoms with E-state index in [0.29, 0.717) is 53.2 Å². The summed E-state index contributed by atoms with van der Waals surface area (Å²) >= 11 is 0. The number of carbonyl (C=O) groups excluding carboxylic acids is 2. The molecule has 0 fully saturated rings. The maximum absolute atomic E-state index is 14.2. The number of hydrogen-bond acceptors (Lipinski definition) is 6. The fourth-order valence-electron chi connectivity index (χ4n) is 4.88. The average molecular weight is 543 g/mol. The van der Waals surface area contributed by atoms with Gasteiger partial charge in [-0.2, -0.15) is 0 Å². The number of nitrogens with one attached hydrogen (secondary N) is 1. The Kier molecular flexibility index (Phi) is 7.06. The van der Waals surface area contributed by atoms with Crippen molar-refractivity contribution in [2.45, 2.75) is 31.7 Å². The Hall–Kier alpha value is -3.93. The van der Waals surface area contributed by atoms with Gasteiger partial charge < -0.3 is 9.88 Å². The summed E-state index contributed by atoms with van der Waals surface area (Å²) < 4.78 is 55.7. The SMILES string of the molecule is CC(Cc1c(F)c(F)cc(F)c1F)N=C1CC=NCC1c1nc2cc3c(cc2[nH]1)C(=O)N(CCN(C)C)C3=O. The molecule has 5 rings (SSSR count). The predicted molar refractivity (Wildman–Crippen MR) is 138 cm³/mol. The molecule has 0 radical (unpaired) electrons. The molecule has 2 amide bonds. The third-order valence-corrected chi connectivity index (χ3v) is 6.90. The predicted octanol–water partition coefficient (Wildman–Crippen LogP) is 3.91. The van der Waals surface area contributed by atoms with E-state index in [1.807, 2.05) is 19.0 Å². The van der Waals surface area contributed by atoms with Gasteiger partial charge >= 0.3 is 0 Å². The van der Waals surface area contributed by atoms with Crippen molar-refractivity contribution in [1.29, 1.82) is 0 Å². The second-order valence-corrected chi connectivity index (χ2v) is 10.0. The first-order valence-corrected chi connectivity index (χ1v) is 12.5. The maximum atomic E-state index is 14.2. The Morgan fingerprint density at radius 1 is 1.08 bits per heavy atom. The van der Waals surface area contributed by atoms with Crippen molar-refractivity contribution in [3.63, 3.8) is 0 Å². The zero-order chi connectivity index (χ0) is 28.0. The zero-order valence-electron chi connectivity index (χ0n) is 21.6. The molecule has 8 nitrogen and oxygen atoms in total. The van der Waals surface area contributed by atoms with Crippen LogP contribution in [0.1, 0.15) is 51.4 Å². The van der Waals surface area contributed by atoms with E-state index in [0.717, 1.165) is 0 Å². The lowest BCUT2D eigenvalue weighted by Crippen LogP contribution is -2.35. The van der Waals surface area contributed by atoms with Crippen LogP contribution in [0.5, 0.6) is 0 Å². The Labute approximate surface area is 221 Å². The van der Waals surface area contributed by atoms with Crippen LogP contribution in [0.15, 0.2) is 28.2 Å². The number of aromatic nitrogens is 2. The number of fused-ring (bicyclic) bond motifs is 2. The van der Waals surface area contributed by atoms with Crippen LogP contribution in [-0.2, 0) is 6.42 Å². The highest BCUT2D eigenvalue weighted by atomic mass is 19.2. The minimum Gasteiger partial charge on any atom is -0.341 e. The van der Waals surface area contributed by atoms with Gasteiger partial charge in [0.05, 0.1) is 40.7 Å². The number of imidazole rings is 1. The van der Waals surface area contributed by atoms with Gasteiger partial charge in [0, 0.05) is 49.5 Å². The van der Waals surface area contributed by atoms with Crippen molar-refractivity contribution >= 4 is 34.8 Å². The number of carbonyl (C=O) groups is 2. The number of likely N-dealkylation sites (N-methyl/N-ethyl adjacent to an activating group) is 1. The van der Waals surface area contributed by atoms with E-state index in [1.54, 1.807) is 25.3 Å². The monoisotopic (exact) mass is 542 g/mol. The van der Waals surface area contributed by atoms with Crippen LogP contribution in [0.4, 0.5) is 17.6 Å². The van der Waals surface area contributed by atoms with Crippen molar-refractivity contribution in [1.82, 2.24) is 19.8 Å². The number of rotatable bonds is 7. The van der Waals surface area contributed by atoms with Gasteiger partial charge in [0.25, 0.3) is 11.8 Å². The van der Waals surface area contributed by atoms with E-state index in [4.69, 9.17) is 0 Å². The molecule has 0 saturated carbocycles. The summed E-state index contributed by atoms with van der Waals surface area (Å²) in [4.78, 5) is 45.7. The van der Waals surface area contributed by atoms with Crippen molar-refractivity contribution in [3.05, 3.63) is 64.0 Å². The molecule has 3 aromatic rings. The Morgan fingerprint density at radius 2 is 1.74 bits per heavy atom. The number of amides is 2. The van der Waals surface area contributed by atoms with E-state index in [-0.39, 0.29) is 30.8 Å². The average Bonchev–Trinajstić information content (AvgIpc) is 3.41. The van der Waals surface area contributed by atoms with Crippen LogP contribution in [0.2, 0.25) is 0 Å². The van der Waals surface area contributed by atoms with Gasteiger partial charge in [0.15, 0.2) is 23.3 Å². The number of imide groups is 1. The summed E-state index contributed by atoms with van der Waals surface area (Å²) in [6.07, 6.45) is 1.67. The molecule has 39 heavy (non-hydrogen) atoms. The second-order valence-electron chi connectivity index (χ2n) is 10.0. The number of hydrogen-bond donors (Lipinski definition) is 1. The lowest BCUT2D eigenvalue weighted by molar-refractivity contribution is 0.0645. The molecule has 1 N–H and O–H groups in total. The highest BCUT2D eigenvalue weighted by molar-refractivity contribution is 6.22. The quantitative estimate of drug-likeness (QED) is 0.278. The smallest absolute Gasteiger partial charge is 0.261 e. The molecule has 12 heteroatoms.